The van der Waals surface area contributed by atoms with Crippen molar-refractivity contribution < 1.29 is 29.0 Å². The molecule has 3 atom stereocenters. The lowest BCUT2D eigenvalue weighted by atomic mass is 9.92. The SMILES string of the molecule is CC(C)C[C@@H](CC(=O)O)C(NC=O)O[C@@H](C)OC(=O)c1ccccc1. The molecule has 0 fully saturated rings. The molecule has 0 saturated carbocycles. The van der Waals surface area contributed by atoms with Crippen LogP contribution in [0.25, 0.3) is 0 Å². The molecule has 7 heteroatoms. The number of carbonyl (C=O) groups excluding carboxylic acids is 2. The normalized spacial score (nSPS) is 14.4. The number of nitrogens with one attached hydrogen (secondary N) is 1. The van der Waals surface area contributed by atoms with Crippen molar-refractivity contribution in [1.29, 1.82) is 0 Å². The maximum atomic E-state index is 12.0. The van der Waals surface area contributed by atoms with Crippen molar-refractivity contribution in [2.75, 3.05) is 0 Å². The van der Waals surface area contributed by atoms with E-state index < -0.39 is 30.4 Å². The first-order valence-electron chi connectivity index (χ1n) is 8.16. The van der Waals surface area contributed by atoms with Crippen LogP contribution in [-0.2, 0) is 19.1 Å². The molecule has 1 unspecified atom stereocenters. The zero-order valence-corrected chi connectivity index (χ0v) is 14.7. The zero-order valence-electron chi connectivity index (χ0n) is 14.7. The molecule has 0 aliphatic heterocycles. The third-order valence-electron chi connectivity index (χ3n) is 3.49. The molecule has 7 nitrogen and oxygen atoms in total. The Kier molecular flexibility index (Phi) is 8.63. The van der Waals surface area contributed by atoms with Crippen molar-refractivity contribution in [2.24, 2.45) is 11.8 Å². The Morgan fingerprint density at radius 1 is 1.20 bits per heavy atom. The number of aliphatic carboxylic acids is 1. The molecule has 1 amide bonds. The molecule has 138 valence electrons. The van der Waals surface area contributed by atoms with E-state index >= 15 is 0 Å². The number of rotatable bonds is 11. The van der Waals surface area contributed by atoms with Crippen LogP contribution in [0.15, 0.2) is 30.3 Å². The summed E-state index contributed by atoms with van der Waals surface area (Å²) in [6, 6.07) is 8.43. The minimum Gasteiger partial charge on any atom is -0.481 e. The molecular formula is C18H25NO6. The van der Waals surface area contributed by atoms with Gasteiger partial charge in [0.05, 0.1) is 12.0 Å². The summed E-state index contributed by atoms with van der Waals surface area (Å²) in [6.45, 7) is 5.42. The highest BCUT2D eigenvalue weighted by Crippen LogP contribution is 2.22. The maximum Gasteiger partial charge on any atom is 0.340 e. The number of ether oxygens (including phenoxy) is 2. The lowest BCUT2D eigenvalue weighted by Gasteiger charge is -2.29. The summed E-state index contributed by atoms with van der Waals surface area (Å²) in [4.78, 5) is 34.0. The molecular weight excluding hydrogens is 326 g/mol. The van der Waals surface area contributed by atoms with Gasteiger partial charge in [0.25, 0.3) is 0 Å². The van der Waals surface area contributed by atoms with Gasteiger partial charge in [0.1, 0.15) is 6.23 Å². The van der Waals surface area contributed by atoms with Crippen LogP contribution in [0.4, 0.5) is 0 Å². The van der Waals surface area contributed by atoms with Gasteiger partial charge in [-0.2, -0.15) is 0 Å². The summed E-state index contributed by atoms with van der Waals surface area (Å²) in [6.07, 6.45) is -0.991. The topological polar surface area (TPSA) is 102 Å². The Hall–Kier alpha value is -2.41. The first-order valence-corrected chi connectivity index (χ1v) is 8.16. The summed E-state index contributed by atoms with van der Waals surface area (Å²) in [7, 11) is 0. The van der Waals surface area contributed by atoms with E-state index in [0.717, 1.165) is 0 Å². The van der Waals surface area contributed by atoms with Gasteiger partial charge in [-0.25, -0.2) is 4.79 Å². The van der Waals surface area contributed by atoms with E-state index in [9.17, 15) is 14.4 Å². The van der Waals surface area contributed by atoms with Gasteiger partial charge in [-0.15, -0.1) is 0 Å². The number of carboxylic acid groups (broad SMARTS) is 1. The fourth-order valence-electron chi connectivity index (χ4n) is 2.52. The Bertz CT molecular complexity index is 560. The molecule has 0 aromatic heterocycles. The second kappa shape index (κ2) is 10.5. The number of hydrogen-bond acceptors (Lipinski definition) is 5. The number of esters is 1. The van der Waals surface area contributed by atoms with E-state index in [1.165, 1.54) is 6.92 Å². The Balaban J connectivity index is 2.74. The predicted octanol–water partition coefficient (Wildman–Crippen LogP) is 2.42. The molecule has 0 saturated heterocycles. The Morgan fingerprint density at radius 2 is 1.84 bits per heavy atom. The summed E-state index contributed by atoms with van der Waals surface area (Å²) in [5.41, 5.74) is 0.377. The molecule has 0 spiro atoms. The number of amides is 1. The molecule has 0 radical (unpaired) electrons. The van der Waals surface area contributed by atoms with E-state index in [0.29, 0.717) is 18.4 Å². The van der Waals surface area contributed by atoms with Gasteiger partial charge in [-0.1, -0.05) is 32.0 Å². The van der Waals surface area contributed by atoms with Crippen molar-refractivity contribution >= 4 is 18.3 Å². The van der Waals surface area contributed by atoms with Crippen LogP contribution in [0.1, 0.15) is 44.0 Å². The molecule has 0 bridgehead atoms. The molecule has 2 N–H and O–H groups in total. The van der Waals surface area contributed by atoms with Crippen molar-refractivity contribution in [3.05, 3.63) is 35.9 Å². The number of carbonyl (C=O) groups is 3. The largest absolute Gasteiger partial charge is 0.481 e. The molecule has 0 aliphatic rings. The number of carboxylic acids is 1. The number of benzene rings is 1. The lowest BCUT2D eigenvalue weighted by molar-refractivity contribution is -0.165. The second-order valence-corrected chi connectivity index (χ2v) is 6.17. The average Bonchev–Trinajstić information content (AvgIpc) is 2.53. The van der Waals surface area contributed by atoms with Crippen LogP contribution in [0.3, 0.4) is 0 Å². The minimum absolute atomic E-state index is 0.164. The smallest absolute Gasteiger partial charge is 0.340 e. The van der Waals surface area contributed by atoms with Gasteiger partial charge in [-0.3, -0.25) is 9.59 Å². The summed E-state index contributed by atoms with van der Waals surface area (Å²) < 4.78 is 10.8. The van der Waals surface area contributed by atoms with E-state index in [-0.39, 0.29) is 12.3 Å². The van der Waals surface area contributed by atoms with Crippen LogP contribution in [0.5, 0.6) is 0 Å². The van der Waals surface area contributed by atoms with Crippen LogP contribution in [-0.4, -0.2) is 36.0 Å². The van der Waals surface area contributed by atoms with Crippen molar-refractivity contribution in [1.82, 2.24) is 5.32 Å². The average molecular weight is 351 g/mol. The van der Waals surface area contributed by atoms with Gasteiger partial charge in [0.15, 0.2) is 0 Å². The fraction of sp³-hybridized carbons (Fsp3) is 0.500. The van der Waals surface area contributed by atoms with Gasteiger partial charge < -0.3 is 19.9 Å². The van der Waals surface area contributed by atoms with E-state index in [4.69, 9.17) is 14.6 Å². The van der Waals surface area contributed by atoms with E-state index in [1.807, 2.05) is 13.8 Å². The Morgan fingerprint density at radius 3 is 2.36 bits per heavy atom. The summed E-state index contributed by atoms with van der Waals surface area (Å²) in [5.74, 6) is -1.77. The molecule has 25 heavy (non-hydrogen) atoms. The predicted molar refractivity (Wildman–Crippen MR) is 90.6 cm³/mol. The van der Waals surface area contributed by atoms with Crippen molar-refractivity contribution in [3.8, 4) is 0 Å². The van der Waals surface area contributed by atoms with Crippen LogP contribution in [0, 0.1) is 11.8 Å². The second-order valence-electron chi connectivity index (χ2n) is 6.17. The van der Waals surface area contributed by atoms with Crippen LogP contribution < -0.4 is 5.32 Å². The maximum absolute atomic E-state index is 12.0. The first kappa shape index (κ1) is 20.6. The lowest BCUT2D eigenvalue weighted by Crippen LogP contribution is -2.42. The summed E-state index contributed by atoms with van der Waals surface area (Å²) in [5, 5.41) is 11.6. The third-order valence-corrected chi connectivity index (χ3v) is 3.49. The highest BCUT2D eigenvalue weighted by molar-refractivity contribution is 5.89. The van der Waals surface area contributed by atoms with Gasteiger partial charge in [-0.05, 0) is 31.4 Å². The molecule has 1 rings (SSSR count). The van der Waals surface area contributed by atoms with Gasteiger partial charge in [0, 0.05) is 5.92 Å². The molecule has 0 heterocycles. The van der Waals surface area contributed by atoms with Gasteiger partial charge >= 0.3 is 11.9 Å². The molecule has 1 aromatic carbocycles. The minimum atomic E-state index is -0.985. The van der Waals surface area contributed by atoms with Crippen molar-refractivity contribution in [2.45, 2.75) is 46.1 Å². The highest BCUT2D eigenvalue weighted by atomic mass is 16.7. The summed E-state index contributed by atoms with van der Waals surface area (Å²) >= 11 is 0. The monoisotopic (exact) mass is 351 g/mol. The van der Waals surface area contributed by atoms with Crippen LogP contribution in [0.2, 0.25) is 0 Å². The Labute approximate surface area is 147 Å². The van der Waals surface area contributed by atoms with E-state index in [2.05, 4.69) is 5.32 Å². The molecule has 0 aliphatic carbocycles. The van der Waals surface area contributed by atoms with Gasteiger partial charge in [0.2, 0.25) is 12.7 Å². The van der Waals surface area contributed by atoms with E-state index in [1.54, 1.807) is 30.3 Å². The quantitative estimate of drug-likeness (QED) is 0.361. The van der Waals surface area contributed by atoms with Crippen molar-refractivity contribution in [3.63, 3.8) is 0 Å². The highest BCUT2D eigenvalue weighted by Gasteiger charge is 2.28. The van der Waals surface area contributed by atoms with Crippen LogP contribution >= 0.6 is 0 Å². The fourth-order valence-corrected chi connectivity index (χ4v) is 2.52. The third kappa shape index (κ3) is 7.80. The zero-order chi connectivity index (χ0) is 18.8. The first-order chi connectivity index (χ1) is 11.8. The number of hydrogen-bond donors (Lipinski definition) is 2. The standard InChI is InChI=1S/C18H25NO6/c1-12(2)9-15(10-16(21)22)17(19-11-20)24-13(3)25-18(23)14-7-5-4-6-8-14/h4-8,11-13,15,17H,9-10H2,1-3H3,(H,19,20)(H,21,22)/t13-,15+,17?/m1/s1. The molecule has 1 aromatic rings.